The lowest BCUT2D eigenvalue weighted by atomic mass is 10.0. The monoisotopic (exact) mass is 197 g/mol. The summed E-state index contributed by atoms with van der Waals surface area (Å²) in [5.41, 5.74) is 2.31. The number of rotatable bonds is 1. The van der Waals surface area contributed by atoms with Gasteiger partial charge in [-0.3, -0.25) is 0 Å². The molecule has 0 amide bonds. The minimum Gasteiger partial charge on any atom is -0.385 e. The molecule has 0 fully saturated rings. The van der Waals surface area contributed by atoms with Crippen molar-refractivity contribution in [1.29, 1.82) is 0 Å². The van der Waals surface area contributed by atoms with Crippen LogP contribution in [0.2, 0.25) is 5.02 Å². The summed E-state index contributed by atoms with van der Waals surface area (Å²) >= 11 is 5.89. The Bertz CT molecular complexity index is 314. The third-order valence-electron chi connectivity index (χ3n) is 2.37. The molecule has 0 radical (unpaired) electrons. The van der Waals surface area contributed by atoms with Crippen molar-refractivity contribution in [3.8, 4) is 0 Å². The molecule has 0 aromatic heterocycles. The topological polar surface area (TPSA) is 21.3 Å². The second-order valence-electron chi connectivity index (χ2n) is 3.17. The third kappa shape index (κ3) is 1.64. The van der Waals surface area contributed by atoms with Gasteiger partial charge in [-0.2, -0.15) is 0 Å². The van der Waals surface area contributed by atoms with Crippen molar-refractivity contribution in [2.45, 2.75) is 12.5 Å². The van der Waals surface area contributed by atoms with Crippen LogP contribution < -0.4 is 5.32 Å². The zero-order valence-electron chi connectivity index (χ0n) is 7.51. The lowest BCUT2D eigenvalue weighted by molar-refractivity contribution is 0.0965. The Balaban J connectivity index is 2.40. The lowest BCUT2D eigenvalue weighted by Gasteiger charge is -2.25. The highest BCUT2D eigenvalue weighted by atomic mass is 35.5. The highest BCUT2D eigenvalue weighted by Gasteiger charge is 2.18. The smallest absolute Gasteiger partial charge is 0.0857 e. The Morgan fingerprint density at radius 1 is 1.54 bits per heavy atom. The molecular formula is C10H12ClNO. The summed E-state index contributed by atoms with van der Waals surface area (Å²) in [5.74, 6) is 0. The summed E-state index contributed by atoms with van der Waals surface area (Å²) in [5, 5.41) is 4.07. The van der Waals surface area contributed by atoms with E-state index in [2.05, 4.69) is 5.32 Å². The van der Waals surface area contributed by atoms with Gasteiger partial charge in [-0.1, -0.05) is 17.7 Å². The number of hydrogen-bond donors (Lipinski definition) is 1. The minimum absolute atomic E-state index is 0.216. The van der Waals surface area contributed by atoms with Crippen LogP contribution in [0.3, 0.4) is 0 Å². The highest BCUT2D eigenvalue weighted by molar-refractivity contribution is 6.30. The van der Waals surface area contributed by atoms with Gasteiger partial charge >= 0.3 is 0 Å². The van der Waals surface area contributed by atoms with Crippen LogP contribution in [0.5, 0.6) is 0 Å². The molecule has 1 aromatic rings. The molecule has 1 aliphatic heterocycles. The molecule has 1 N–H and O–H groups in total. The molecule has 0 bridgehead atoms. The van der Waals surface area contributed by atoms with Gasteiger partial charge in [0.25, 0.3) is 0 Å². The maximum atomic E-state index is 5.89. The zero-order valence-corrected chi connectivity index (χ0v) is 8.27. The van der Waals surface area contributed by atoms with Gasteiger partial charge in [0.2, 0.25) is 0 Å². The second kappa shape index (κ2) is 3.56. The first-order valence-corrected chi connectivity index (χ1v) is 4.75. The van der Waals surface area contributed by atoms with E-state index in [1.54, 1.807) is 7.11 Å². The van der Waals surface area contributed by atoms with Crippen LogP contribution in [0.1, 0.15) is 18.1 Å². The summed E-state index contributed by atoms with van der Waals surface area (Å²) in [7, 11) is 1.74. The molecule has 2 rings (SSSR count). The number of methoxy groups -OCH3 is 1. The number of ether oxygens (including phenoxy) is 1. The molecule has 1 aromatic carbocycles. The summed E-state index contributed by atoms with van der Waals surface area (Å²) in [6.45, 7) is 0.950. The highest BCUT2D eigenvalue weighted by Crippen LogP contribution is 2.33. The SMILES string of the molecule is COC1CCNc2cc(Cl)ccc21. The van der Waals surface area contributed by atoms with Crippen LogP contribution in [0.25, 0.3) is 0 Å². The number of hydrogen-bond acceptors (Lipinski definition) is 2. The lowest BCUT2D eigenvalue weighted by Crippen LogP contribution is -2.17. The maximum Gasteiger partial charge on any atom is 0.0857 e. The fourth-order valence-electron chi connectivity index (χ4n) is 1.70. The summed E-state index contributed by atoms with van der Waals surface area (Å²) in [4.78, 5) is 0. The Kier molecular flexibility index (Phi) is 2.42. The van der Waals surface area contributed by atoms with Crippen LogP contribution in [0, 0.1) is 0 Å². The first-order valence-electron chi connectivity index (χ1n) is 4.37. The minimum atomic E-state index is 0.216. The van der Waals surface area contributed by atoms with Crippen molar-refractivity contribution in [1.82, 2.24) is 0 Å². The molecule has 13 heavy (non-hydrogen) atoms. The van der Waals surface area contributed by atoms with Crippen LogP contribution in [-0.4, -0.2) is 13.7 Å². The average molecular weight is 198 g/mol. The molecule has 1 aliphatic rings. The number of benzene rings is 1. The van der Waals surface area contributed by atoms with Crippen LogP contribution in [0.15, 0.2) is 18.2 Å². The van der Waals surface area contributed by atoms with Gasteiger partial charge in [0.05, 0.1) is 6.10 Å². The van der Waals surface area contributed by atoms with Crippen molar-refractivity contribution in [2.24, 2.45) is 0 Å². The summed E-state index contributed by atoms with van der Waals surface area (Å²) < 4.78 is 5.37. The average Bonchev–Trinajstić information content (AvgIpc) is 2.16. The molecule has 0 saturated heterocycles. The molecule has 1 atom stereocenters. The van der Waals surface area contributed by atoms with E-state index in [4.69, 9.17) is 16.3 Å². The van der Waals surface area contributed by atoms with E-state index in [1.807, 2.05) is 18.2 Å². The van der Waals surface area contributed by atoms with Crippen molar-refractivity contribution in [2.75, 3.05) is 19.0 Å². The van der Waals surface area contributed by atoms with Crippen LogP contribution >= 0.6 is 11.6 Å². The van der Waals surface area contributed by atoms with Gasteiger partial charge in [0, 0.05) is 29.9 Å². The standard InChI is InChI=1S/C10H12ClNO/c1-13-10-4-5-12-9-6-7(11)2-3-8(9)10/h2-3,6,10,12H,4-5H2,1H3. The van der Waals surface area contributed by atoms with Crippen molar-refractivity contribution < 1.29 is 4.74 Å². The summed E-state index contributed by atoms with van der Waals surface area (Å²) in [6.07, 6.45) is 1.24. The number of nitrogens with one attached hydrogen (secondary N) is 1. The summed E-state index contributed by atoms with van der Waals surface area (Å²) in [6, 6.07) is 5.87. The van der Waals surface area contributed by atoms with E-state index in [1.165, 1.54) is 5.56 Å². The predicted octanol–water partition coefficient (Wildman–Crippen LogP) is 2.84. The van der Waals surface area contributed by atoms with Crippen LogP contribution in [0.4, 0.5) is 5.69 Å². The van der Waals surface area contributed by atoms with Crippen molar-refractivity contribution in [3.63, 3.8) is 0 Å². The maximum absolute atomic E-state index is 5.89. The normalized spacial score (nSPS) is 20.6. The van der Waals surface area contributed by atoms with E-state index < -0.39 is 0 Å². The van der Waals surface area contributed by atoms with E-state index >= 15 is 0 Å². The van der Waals surface area contributed by atoms with Crippen molar-refractivity contribution >= 4 is 17.3 Å². The van der Waals surface area contributed by atoms with Gasteiger partial charge in [-0.15, -0.1) is 0 Å². The molecule has 3 heteroatoms. The molecule has 1 heterocycles. The predicted molar refractivity (Wildman–Crippen MR) is 54.3 cm³/mol. The van der Waals surface area contributed by atoms with E-state index in [-0.39, 0.29) is 6.10 Å². The Labute approximate surface area is 82.9 Å². The fraction of sp³-hybridized carbons (Fsp3) is 0.400. The molecule has 0 spiro atoms. The number of fused-ring (bicyclic) bond motifs is 1. The molecular weight excluding hydrogens is 186 g/mol. The Hall–Kier alpha value is -0.730. The van der Waals surface area contributed by atoms with Crippen LogP contribution in [-0.2, 0) is 4.74 Å². The third-order valence-corrected chi connectivity index (χ3v) is 2.60. The second-order valence-corrected chi connectivity index (χ2v) is 3.61. The van der Waals surface area contributed by atoms with Crippen molar-refractivity contribution in [3.05, 3.63) is 28.8 Å². The Morgan fingerprint density at radius 3 is 3.15 bits per heavy atom. The van der Waals surface area contributed by atoms with Gasteiger partial charge < -0.3 is 10.1 Å². The molecule has 1 unspecified atom stereocenters. The number of halogens is 1. The molecule has 2 nitrogen and oxygen atoms in total. The quantitative estimate of drug-likeness (QED) is 0.748. The van der Waals surface area contributed by atoms with E-state index in [0.717, 1.165) is 23.7 Å². The molecule has 70 valence electrons. The first-order chi connectivity index (χ1) is 6.31. The largest absolute Gasteiger partial charge is 0.385 e. The number of anilines is 1. The van der Waals surface area contributed by atoms with E-state index in [0.29, 0.717) is 0 Å². The van der Waals surface area contributed by atoms with Gasteiger partial charge in [-0.25, -0.2) is 0 Å². The van der Waals surface area contributed by atoms with Gasteiger partial charge in [0.1, 0.15) is 0 Å². The molecule has 0 saturated carbocycles. The zero-order chi connectivity index (χ0) is 9.26. The molecule has 0 aliphatic carbocycles. The Morgan fingerprint density at radius 2 is 2.38 bits per heavy atom. The van der Waals surface area contributed by atoms with E-state index in [9.17, 15) is 0 Å². The van der Waals surface area contributed by atoms with Gasteiger partial charge in [-0.05, 0) is 18.6 Å². The fourth-order valence-corrected chi connectivity index (χ4v) is 1.87. The van der Waals surface area contributed by atoms with Gasteiger partial charge in [0.15, 0.2) is 0 Å². The first kappa shape index (κ1) is 8.85.